The molecule has 1 aliphatic heterocycles. The molecule has 0 spiro atoms. The molecular weight excluding hydrogens is 306 g/mol. The minimum atomic E-state index is -0.356. The van der Waals surface area contributed by atoms with Crippen LogP contribution in [-0.2, 0) is 10.3 Å². The van der Waals surface area contributed by atoms with Gasteiger partial charge in [0.05, 0.1) is 11.5 Å². The van der Waals surface area contributed by atoms with Crippen molar-refractivity contribution >= 4 is 12.0 Å². The number of fused-ring (bicyclic) bond motifs is 3. The summed E-state index contributed by atoms with van der Waals surface area (Å²) in [7, 11) is 0. The van der Waals surface area contributed by atoms with Gasteiger partial charge in [0.15, 0.2) is 0 Å². The Morgan fingerprint density at radius 3 is 2.28 bits per heavy atom. The van der Waals surface area contributed by atoms with E-state index >= 15 is 0 Å². The van der Waals surface area contributed by atoms with Gasteiger partial charge in [-0.05, 0) is 44.4 Å². The molecular formula is C23H25NO. The minimum Gasteiger partial charge on any atom is -0.327 e. The van der Waals surface area contributed by atoms with E-state index in [0.29, 0.717) is 0 Å². The van der Waals surface area contributed by atoms with E-state index in [9.17, 15) is 4.79 Å². The van der Waals surface area contributed by atoms with Gasteiger partial charge >= 0.3 is 0 Å². The zero-order chi connectivity index (χ0) is 17.8. The molecule has 1 heterocycles. The Hall–Kier alpha value is -2.35. The number of rotatable bonds is 1. The first-order chi connectivity index (χ1) is 11.8. The quantitative estimate of drug-likeness (QED) is 0.722. The molecule has 0 bridgehead atoms. The Morgan fingerprint density at radius 1 is 0.960 bits per heavy atom. The molecule has 0 N–H and O–H groups in total. The fraction of sp³-hybridized carbons (Fsp3) is 0.348. The zero-order valence-electron chi connectivity index (χ0n) is 15.4. The lowest BCUT2D eigenvalue weighted by molar-refractivity contribution is -0.138. The molecule has 0 unspecified atom stereocenters. The van der Waals surface area contributed by atoms with E-state index in [4.69, 9.17) is 0 Å². The third kappa shape index (κ3) is 2.20. The van der Waals surface area contributed by atoms with Crippen molar-refractivity contribution in [3.05, 3.63) is 77.4 Å². The summed E-state index contributed by atoms with van der Waals surface area (Å²) in [6.45, 7) is 8.64. The maximum absolute atomic E-state index is 13.6. The number of amides is 1. The standard InChI is InChI=1S/C23H25NO/c1-22(2,3)24-21(25)20-18-13-9-8-10-16(18)14-15-19(20)23(24,4)17-11-6-5-7-12-17/h5-15,19-20H,1-4H3/t19-,20+,23-/m1/s1. The molecule has 1 saturated heterocycles. The lowest BCUT2D eigenvalue weighted by Crippen LogP contribution is -2.53. The summed E-state index contributed by atoms with van der Waals surface area (Å²) >= 11 is 0. The molecule has 1 fully saturated rings. The number of hydrogen-bond donors (Lipinski definition) is 0. The number of nitrogens with zero attached hydrogens (tertiary/aromatic N) is 1. The van der Waals surface area contributed by atoms with Crippen molar-refractivity contribution in [1.82, 2.24) is 4.90 Å². The molecule has 128 valence electrons. The molecule has 2 heteroatoms. The van der Waals surface area contributed by atoms with Gasteiger partial charge in [0.2, 0.25) is 5.91 Å². The summed E-state index contributed by atoms with van der Waals surface area (Å²) < 4.78 is 0. The van der Waals surface area contributed by atoms with Crippen LogP contribution in [0.4, 0.5) is 0 Å². The highest BCUT2D eigenvalue weighted by Gasteiger charge is 2.59. The Morgan fingerprint density at radius 2 is 1.60 bits per heavy atom. The summed E-state index contributed by atoms with van der Waals surface area (Å²) in [5.41, 5.74) is 2.93. The van der Waals surface area contributed by atoms with Crippen LogP contribution in [0.3, 0.4) is 0 Å². The van der Waals surface area contributed by atoms with Crippen molar-refractivity contribution in [2.24, 2.45) is 5.92 Å². The Kier molecular flexibility index (Phi) is 3.44. The van der Waals surface area contributed by atoms with Crippen LogP contribution in [-0.4, -0.2) is 16.3 Å². The highest BCUT2D eigenvalue weighted by atomic mass is 16.2. The van der Waals surface area contributed by atoms with E-state index in [1.807, 2.05) is 18.2 Å². The summed E-state index contributed by atoms with van der Waals surface area (Å²) in [4.78, 5) is 15.8. The van der Waals surface area contributed by atoms with Gasteiger partial charge in [0, 0.05) is 11.5 Å². The van der Waals surface area contributed by atoms with Crippen LogP contribution >= 0.6 is 0 Å². The number of benzene rings is 2. The van der Waals surface area contributed by atoms with Gasteiger partial charge in [-0.15, -0.1) is 0 Å². The number of likely N-dealkylation sites (tertiary alicyclic amines) is 1. The SMILES string of the molecule is CC(C)(C)N1C(=O)[C@H]2c3ccccc3C=C[C@H]2[C@@]1(C)c1ccccc1. The molecule has 2 aromatic carbocycles. The van der Waals surface area contributed by atoms with Crippen LogP contribution in [0.15, 0.2) is 60.7 Å². The summed E-state index contributed by atoms with van der Waals surface area (Å²) in [5.74, 6) is 0.266. The Balaban J connectivity index is 1.96. The largest absolute Gasteiger partial charge is 0.327 e. The second-order valence-corrected chi connectivity index (χ2v) is 8.35. The van der Waals surface area contributed by atoms with Gasteiger partial charge < -0.3 is 4.90 Å². The third-order valence-corrected chi connectivity index (χ3v) is 5.80. The monoisotopic (exact) mass is 331 g/mol. The Labute approximate surface area is 150 Å². The van der Waals surface area contributed by atoms with Gasteiger partial charge in [-0.3, -0.25) is 4.79 Å². The first kappa shape index (κ1) is 16.1. The topological polar surface area (TPSA) is 20.3 Å². The third-order valence-electron chi connectivity index (χ3n) is 5.80. The first-order valence-electron chi connectivity index (χ1n) is 9.02. The van der Waals surface area contributed by atoms with Crippen LogP contribution in [0.25, 0.3) is 6.08 Å². The molecule has 2 aliphatic rings. The van der Waals surface area contributed by atoms with Crippen molar-refractivity contribution in [1.29, 1.82) is 0 Å². The van der Waals surface area contributed by atoms with Gasteiger partial charge in [-0.2, -0.15) is 0 Å². The predicted molar refractivity (Wildman–Crippen MR) is 102 cm³/mol. The van der Waals surface area contributed by atoms with E-state index in [-0.39, 0.29) is 28.8 Å². The van der Waals surface area contributed by atoms with E-state index < -0.39 is 0 Å². The van der Waals surface area contributed by atoms with Crippen LogP contribution in [0.5, 0.6) is 0 Å². The lowest BCUT2D eigenvalue weighted by Gasteiger charge is -2.46. The van der Waals surface area contributed by atoms with Crippen LogP contribution in [0.1, 0.15) is 50.3 Å². The normalized spacial score (nSPS) is 28.0. The molecule has 0 saturated carbocycles. The predicted octanol–water partition coefficient (Wildman–Crippen LogP) is 4.97. The highest BCUT2D eigenvalue weighted by molar-refractivity contribution is 5.91. The fourth-order valence-corrected chi connectivity index (χ4v) is 4.90. The molecule has 1 amide bonds. The molecule has 0 aromatic heterocycles. The van der Waals surface area contributed by atoms with Gasteiger partial charge in [0.25, 0.3) is 0 Å². The smallest absolute Gasteiger partial charge is 0.232 e. The second kappa shape index (κ2) is 5.32. The lowest BCUT2D eigenvalue weighted by atomic mass is 9.70. The van der Waals surface area contributed by atoms with E-state index in [1.165, 1.54) is 11.1 Å². The number of carbonyl (C=O) groups is 1. The van der Waals surface area contributed by atoms with E-state index in [2.05, 4.69) is 81.1 Å². The average Bonchev–Trinajstić information content (AvgIpc) is 2.84. The maximum atomic E-state index is 13.6. The van der Waals surface area contributed by atoms with Crippen LogP contribution < -0.4 is 0 Å². The van der Waals surface area contributed by atoms with E-state index in [1.54, 1.807) is 0 Å². The molecule has 4 rings (SSSR count). The molecule has 1 aliphatic carbocycles. The van der Waals surface area contributed by atoms with Crippen molar-refractivity contribution in [3.63, 3.8) is 0 Å². The number of carbonyl (C=O) groups excluding carboxylic acids is 1. The molecule has 2 aromatic rings. The van der Waals surface area contributed by atoms with Gasteiger partial charge in [-0.1, -0.05) is 66.7 Å². The minimum absolute atomic E-state index is 0.106. The first-order valence-corrected chi connectivity index (χ1v) is 9.02. The van der Waals surface area contributed by atoms with Crippen molar-refractivity contribution < 1.29 is 4.79 Å². The van der Waals surface area contributed by atoms with Crippen molar-refractivity contribution in [2.75, 3.05) is 0 Å². The van der Waals surface area contributed by atoms with Crippen LogP contribution in [0.2, 0.25) is 0 Å². The zero-order valence-corrected chi connectivity index (χ0v) is 15.4. The van der Waals surface area contributed by atoms with Crippen molar-refractivity contribution in [3.8, 4) is 0 Å². The Bertz CT molecular complexity index is 846. The number of hydrogen-bond acceptors (Lipinski definition) is 1. The van der Waals surface area contributed by atoms with E-state index in [0.717, 1.165) is 5.56 Å². The van der Waals surface area contributed by atoms with Gasteiger partial charge in [-0.25, -0.2) is 0 Å². The molecule has 25 heavy (non-hydrogen) atoms. The van der Waals surface area contributed by atoms with Crippen molar-refractivity contribution in [2.45, 2.75) is 44.7 Å². The second-order valence-electron chi connectivity index (χ2n) is 8.35. The summed E-state index contributed by atoms with van der Waals surface area (Å²) in [6, 6.07) is 18.8. The summed E-state index contributed by atoms with van der Waals surface area (Å²) in [5, 5.41) is 0. The molecule has 2 nitrogen and oxygen atoms in total. The summed E-state index contributed by atoms with van der Waals surface area (Å²) in [6.07, 6.45) is 4.45. The van der Waals surface area contributed by atoms with Gasteiger partial charge in [0.1, 0.15) is 0 Å². The maximum Gasteiger partial charge on any atom is 0.232 e. The molecule has 3 atom stereocenters. The van der Waals surface area contributed by atoms with Crippen LogP contribution in [0, 0.1) is 5.92 Å². The fourth-order valence-electron chi connectivity index (χ4n) is 4.90. The highest BCUT2D eigenvalue weighted by Crippen LogP contribution is 2.56. The molecule has 0 radical (unpaired) electrons. The average molecular weight is 331 g/mol.